The summed E-state index contributed by atoms with van der Waals surface area (Å²) in [5.41, 5.74) is -0.101. The highest BCUT2D eigenvalue weighted by atomic mass is 16.5. The number of nitrogens with zero attached hydrogens (tertiary/aromatic N) is 1. The van der Waals surface area contributed by atoms with Crippen LogP contribution in [0.5, 0.6) is 11.5 Å². The molecule has 4 aliphatic heterocycles. The number of carboxylic acids is 1. The van der Waals surface area contributed by atoms with Gasteiger partial charge in [-0.15, -0.1) is 0 Å². The van der Waals surface area contributed by atoms with Crippen molar-refractivity contribution in [3.05, 3.63) is 35.4 Å². The van der Waals surface area contributed by atoms with Gasteiger partial charge in [0, 0.05) is 6.54 Å². The smallest absolute Gasteiger partial charge is 0.310 e. The fourth-order valence-corrected chi connectivity index (χ4v) is 5.64. The fourth-order valence-electron chi connectivity index (χ4n) is 5.64. The predicted molar refractivity (Wildman–Crippen MR) is 93.7 cm³/mol. The first-order valence-electron chi connectivity index (χ1n) is 9.05. The molecule has 4 aliphatic rings. The van der Waals surface area contributed by atoms with Crippen LogP contribution in [0.2, 0.25) is 0 Å². The van der Waals surface area contributed by atoms with Gasteiger partial charge in [0.15, 0.2) is 11.5 Å². The van der Waals surface area contributed by atoms with Crippen LogP contribution >= 0.6 is 0 Å². The molecular formula is C20H21NO6. The van der Waals surface area contributed by atoms with Gasteiger partial charge in [0.2, 0.25) is 5.91 Å². The van der Waals surface area contributed by atoms with Crippen molar-refractivity contribution >= 4 is 11.9 Å². The van der Waals surface area contributed by atoms with Crippen LogP contribution in [-0.2, 0) is 20.7 Å². The predicted octanol–water partition coefficient (Wildman–Crippen LogP) is 1.56. The van der Waals surface area contributed by atoms with Crippen molar-refractivity contribution in [2.24, 2.45) is 11.3 Å². The molecule has 1 aromatic carbocycles. The summed E-state index contributed by atoms with van der Waals surface area (Å²) in [7, 11) is 3.17. The lowest BCUT2D eigenvalue weighted by Gasteiger charge is -2.39. The van der Waals surface area contributed by atoms with Crippen molar-refractivity contribution in [3.8, 4) is 11.5 Å². The normalized spacial score (nSPS) is 37.8. The summed E-state index contributed by atoms with van der Waals surface area (Å²) in [6, 6.07) is 3.48. The minimum atomic E-state index is -1.13. The minimum Gasteiger partial charge on any atom is -0.493 e. The lowest BCUT2D eigenvalue weighted by molar-refractivity contribution is -0.152. The van der Waals surface area contributed by atoms with Gasteiger partial charge in [-0.25, -0.2) is 0 Å². The molecule has 2 bridgehead atoms. The third-order valence-corrected chi connectivity index (χ3v) is 6.88. The molecule has 27 heavy (non-hydrogen) atoms. The maximum Gasteiger partial charge on any atom is 0.310 e. The number of hydrogen-bond acceptors (Lipinski definition) is 5. The fraction of sp³-hybridized carbons (Fsp3) is 0.500. The third kappa shape index (κ3) is 1.67. The van der Waals surface area contributed by atoms with E-state index in [9.17, 15) is 14.7 Å². The first-order chi connectivity index (χ1) is 12.9. The molecule has 0 radical (unpaired) electrons. The Balaban J connectivity index is 1.73. The summed E-state index contributed by atoms with van der Waals surface area (Å²) >= 11 is 0. The van der Waals surface area contributed by atoms with Gasteiger partial charge in [-0.1, -0.05) is 12.2 Å². The van der Waals surface area contributed by atoms with Gasteiger partial charge in [0.25, 0.3) is 0 Å². The second kappa shape index (κ2) is 5.04. The lowest BCUT2D eigenvalue weighted by Crippen LogP contribution is -2.49. The van der Waals surface area contributed by atoms with E-state index < -0.39 is 29.0 Å². The molecule has 0 aliphatic carbocycles. The lowest BCUT2D eigenvalue weighted by atomic mass is 9.62. The number of aliphatic carboxylic acids is 1. The molecular weight excluding hydrogens is 350 g/mol. The largest absolute Gasteiger partial charge is 0.493 e. The molecule has 1 N–H and O–H groups in total. The average Bonchev–Trinajstić information content (AvgIpc) is 3.25. The molecule has 142 valence electrons. The molecule has 5 atom stereocenters. The van der Waals surface area contributed by atoms with Gasteiger partial charge in [-0.2, -0.15) is 0 Å². The zero-order valence-electron chi connectivity index (χ0n) is 15.4. The van der Waals surface area contributed by atoms with Crippen molar-refractivity contribution in [1.82, 2.24) is 4.90 Å². The number of rotatable bonds is 3. The van der Waals surface area contributed by atoms with Crippen LogP contribution in [0.15, 0.2) is 24.3 Å². The van der Waals surface area contributed by atoms with Crippen molar-refractivity contribution in [3.63, 3.8) is 0 Å². The summed E-state index contributed by atoms with van der Waals surface area (Å²) in [4.78, 5) is 27.2. The van der Waals surface area contributed by atoms with Crippen LogP contribution in [0.1, 0.15) is 24.1 Å². The molecule has 7 heteroatoms. The minimum absolute atomic E-state index is 0.146. The number of carbonyl (C=O) groups excluding carboxylic acids is 1. The molecule has 0 aromatic heterocycles. The number of benzene rings is 1. The molecule has 1 amide bonds. The van der Waals surface area contributed by atoms with Crippen molar-refractivity contribution in [2.75, 3.05) is 20.8 Å². The number of amides is 1. The van der Waals surface area contributed by atoms with Gasteiger partial charge in [0.1, 0.15) is 11.5 Å². The Morgan fingerprint density at radius 3 is 2.67 bits per heavy atom. The third-order valence-electron chi connectivity index (χ3n) is 6.88. The van der Waals surface area contributed by atoms with Crippen LogP contribution in [0, 0.1) is 11.3 Å². The van der Waals surface area contributed by atoms with Crippen molar-refractivity contribution in [2.45, 2.75) is 31.1 Å². The maximum absolute atomic E-state index is 13.4. The molecule has 2 saturated heterocycles. The van der Waals surface area contributed by atoms with Crippen LogP contribution in [0.25, 0.3) is 0 Å². The quantitative estimate of drug-likeness (QED) is 0.812. The summed E-state index contributed by atoms with van der Waals surface area (Å²) in [6.07, 6.45) is 3.80. The Labute approximate surface area is 156 Å². The van der Waals surface area contributed by atoms with E-state index in [-0.39, 0.29) is 11.9 Å². The van der Waals surface area contributed by atoms with E-state index in [2.05, 4.69) is 0 Å². The number of ether oxygens (including phenoxy) is 3. The zero-order valence-corrected chi connectivity index (χ0v) is 15.4. The highest BCUT2D eigenvalue weighted by Crippen LogP contribution is 2.67. The van der Waals surface area contributed by atoms with E-state index in [1.807, 2.05) is 18.2 Å². The number of methoxy groups -OCH3 is 2. The Morgan fingerprint density at radius 2 is 2.00 bits per heavy atom. The van der Waals surface area contributed by atoms with E-state index >= 15 is 0 Å². The van der Waals surface area contributed by atoms with E-state index in [4.69, 9.17) is 14.2 Å². The molecule has 7 nitrogen and oxygen atoms in total. The van der Waals surface area contributed by atoms with Crippen LogP contribution in [0.4, 0.5) is 0 Å². The van der Waals surface area contributed by atoms with Gasteiger partial charge >= 0.3 is 5.97 Å². The van der Waals surface area contributed by atoms with Crippen LogP contribution in [0.3, 0.4) is 0 Å². The molecule has 0 saturated carbocycles. The average molecular weight is 371 g/mol. The Bertz CT molecular complexity index is 910. The summed E-state index contributed by atoms with van der Waals surface area (Å²) < 4.78 is 17.2. The highest BCUT2D eigenvalue weighted by Gasteiger charge is 2.78. The molecule has 4 heterocycles. The molecule has 2 fully saturated rings. The van der Waals surface area contributed by atoms with E-state index in [1.165, 1.54) is 0 Å². The first kappa shape index (κ1) is 16.6. The standard InChI is InChI=1S/C20H21NO6/c1-19-15(17(22)23)12-4-6-20(19,27-12)16-11-9-14(26-3)13(25-2)8-10(11)5-7-21(16)18(19)24/h4,6,8-9,12,15-16H,5,7H2,1-3H3,(H,22,23)/t12-,15+,16-,19+,20-/m0/s1. The zero-order chi connectivity index (χ0) is 19.1. The molecule has 1 aromatic rings. The topological polar surface area (TPSA) is 85.3 Å². The SMILES string of the molecule is COc1cc2c(cc1OC)[C@@H]1N(CC2)C(=O)[C@@]2(C)[C@@H](C(=O)O)[C@@H]3C=C[C@]12O3. The molecule has 5 rings (SSSR count). The Morgan fingerprint density at radius 1 is 1.30 bits per heavy atom. The van der Waals surface area contributed by atoms with E-state index in [0.717, 1.165) is 11.1 Å². The number of hydrogen-bond donors (Lipinski definition) is 1. The molecule has 0 unspecified atom stereocenters. The van der Waals surface area contributed by atoms with Gasteiger partial charge in [0.05, 0.1) is 31.8 Å². The van der Waals surface area contributed by atoms with Crippen molar-refractivity contribution < 1.29 is 28.9 Å². The van der Waals surface area contributed by atoms with Gasteiger partial charge in [-0.3, -0.25) is 9.59 Å². The van der Waals surface area contributed by atoms with Crippen molar-refractivity contribution in [1.29, 1.82) is 0 Å². The first-order valence-corrected chi connectivity index (χ1v) is 9.05. The Kier molecular flexibility index (Phi) is 3.10. The maximum atomic E-state index is 13.4. The monoisotopic (exact) mass is 371 g/mol. The summed E-state index contributed by atoms with van der Waals surface area (Å²) in [6.45, 7) is 2.27. The summed E-state index contributed by atoms with van der Waals surface area (Å²) in [5, 5.41) is 9.82. The number of carbonyl (C=O) groups is 2. The summed E-state index contributed by atoms with van der Waals surface area (Å²) in [5.74, 6) is -0.794. The second-order valence-electron chi connectivity index (χ2n) is 7.81. The van der Waals surface area contributed by atoms with E-state index in [0.29, 0.717) is 24.5 Å². The Hall–Kier alpha value is -2.54. The van der Waals surface area contributed by atoms with Gasteiger partial charge < -0.3 is 24.2 Å². The highest BCUT2D eigenvalue weighted by molar-refractivity contribution is 5.95. The number of fused-ring (bicyclic) bond motifs is 4. The van der Waals surface area contributed by atoms with Gasteiger partial charge in [-0.05, 0) is 36.6 Å². The van der Waals surface area contributed by atoms with E-state index in [1.54, 1.807) is 32.1 Å². The number of carboxylic acid groups (broad SMARTS) is 1. The van der Waals surface area contributed by atoms with Crippen LogP contribution in [-0.4, -0.2) is 54.4 Å². The van der Waals surface area contributed by atoms with Crippen LogP contribution < -0.4 is 9.47 Å². The molecule has 1 spiro atoms. The second-order valence-corrected chi connectivity index (χ2v) is 7.81.